The number of rotatable bonds is 1. The van der Waals surface area contributed by atoms with Gasteiger partial charge in [-0.05, 0) is 0 Å². The van der Waals surface area contributed by atoms with Crippen molar-refractivity contribution in [2.75, 3.05) is 0 Å². The molecule has 4 heavy (non-hydrogen) atoms. The minimum atomic E-state index is 1.34. The molecular weight excluding hydrogens is 224 g/mol. The molecule has 3 heteroatoms. The molecule has 0 saturated carbocycles. The normalized spacial score (nSPS) is 6.25. The first kappa shape index (κ1) is 4.48. The molecule has 0 aliphatic rings. The van der Waals surface area contributed by atoms with Gasteiger partial charge in [-0.25, -0.2) is 0 Å². The summed E-state index contributed by atoms with van der Waals surface area (Å²) in [6, 6.07) is 0. The predicted octanol–water partition coefficient (Wildman–Crippen LogP) is -1.24. The molecule has 0 aromatic heterocycles. The Morgan fingerprint density at radius 2 is 2.25 bits per heavy atom. The Morgan fingerprint density at radius 3 is 2.25 bits per heavy atom. The topological polar surface area (TPSA) is 38.0 Å². The standard InChI is InChI=1S/CH4N2.W/c1-3-2;/h1,3H,2H2;. The fraction of sp³-hybridized carbons (Fsp3) is 0. The SMILES string of the molecule is NN[CH]=[W]. The summed E-state index contributed by atoms with van der Waals surface area (Å²) in [5.74, 6) is 4.74. The van der Waals surface area contributed by atoms with Crippen molar-refractivity contribution in [1.29, 1.82) is 0 Å². The van der Waals surface area contributed by atoms with Gasteiger partial charge in [-0.3, -0.25) is 0 Å². The number of hydrogen-bond acceptors (Lipinski definition) is 2. The molecule has 2 nitrogen and oxygen atoms in total. The Balaban J connectivity index is 2.30. The molecule has 0 spiro atoms. The van der Waals surface area contributed by atoms with Gasteiger partial charge >= 0.3 is 35.1 Å². The van der Waals surface area contributed by atoms with E-state index in [1.165, 1.54) is 19.4 Å². The summed E-state index contributed by atoms with van der Waals surface area (Å²) in [6.07, 6.45) is 0. The summed E-state index contributed by atoms with van der Waals surface area (Å²) in [7, 11) is 0. The van der Waals surface area contributed by atoms with E-state index in [9.17, 15) is 0 Å². The summed E-state index contributed by atoms with van der Waals surface area (Å²) in [4.78, 5) is 0. The van der Waals surface area contributed by atoms with E-state index in [0.717, 1.165) is 0 Å². The average Bonchev–Trinajstić information content (AvgIpc) is 1.37. The van der Waals surface area contributed by atoms with E-state index in [1.807, 2.05) is 0 Å². The molecule has 0 aromatic carbocycles. The Bertz CT molecular complexity index is 20.0. The maximum absolute atomic E-state index is 4.74. The second-order valence-electron chi connectivity index (χ2n) is 0.285. The quantitative estimate of drug-likeness (QED) is 0.435. The van der Waals surface area contributed by atoms with Crippen molar-refractivity contribution < 1.29 is 19.4 Å². The third kappa shape index (κ3) is 2.48. The van der Waals surface area contributed by atoms with E-state index >= 15 is 0 Å². The van der Waals surface area contributed by atoms with Crippen LogP contribution in [0.3, 0.4) is 0 Å². The minimum absolute atomic E-state index is 1.34. The van der Waals surface area contributed by atoms with Crippen molar-refractivity contribution in [3.8, 4) is 0 Å². The first-order chi connectivity index (χ1) is 1.91. The Hall–Kier alpha value is 0.478. The van der Waals surface area contributed by atoms with E-state index in [2.05, 4.69) is 5.43 Å². The van der Waals surface area contributed by atoms with Crippen molar-refractivity contribution >= 4 is 4.52 Å². The molecule has 0 heterocycles. The van der Waals surface area contributed by atoms with E-state index < -0.39 is 0 Å². The summed E-state index contributed by atoms with van der Waals surface area (Å²) in [5, 5.41) is 0. The Labute approximate surface area is 35.8 Å². The van der Waals surface area contributed by atoms with Crippen LogP contribution in [0.15, 0.2) is 0 Å². The third-order valence-corrected chi connectivity index (χ3v) is 0.557. The van der Waals surface area contributed by atoms with Crippen LogP contribution in [-0.4, -0.2) is 4.52 Å². The van der Waals surface area contributed by atoms with Gasteiger partial charge in [0.1, 0.15) is 0 Å². The van der Waals surface area contributed by atoms with E-state index in [4.69, 9.17) is 5.84 Å². The van der Waals surface area contributed by atoms with Crippen LogP contribution < -0.4 is 11.3 Å². The molecule has 0 radical (unpaired) electrons. The predicted molar refractivity (Wildman–Crippen MR) is 13.4 cm³/mol. The molecule has 0 amide bonds. The average molecular weight is 228 g/mol. The fourth-order valence-electron chi connectivity index (χ4n) is 0. The van der Waals surface area contributed by atoms with Crippen molar-refractivity contribution in [1.82, 2.24) is 5.43 Å². The molecule has 0 bridgehead atoms. The zero-order valence-corrected chi connectivity index (χ0v) is 5.00. The van der Waals surface area contributed by atoms with Crippen molar-refractivity contribution in [2.24, 2.45) is 5.84 Å². The van der Waals surface area contributed by atoms with Crippen LogP contribution >= 0.6 is 0 Å². The molecule has 0 aliphatic heterocycles. The number of hydrazine groups is 1. The monoisotopic (exact) mass is 228 g/mol. The molecule has 0 atom stereocenters. The zero-order valence-electron chi connectivity index (χ0n) is 2.06. The van der Waals surface area contributed by atoms with Gasteiger partial charge in [-0.1, -0.05) is 0 Å². The second-order valence-corrected chi connectivity index (χ2v) is 1.13. The van der Waals surface area contributed by atoms with Crippen molar-refractivity contribution in [3.63, 3.8) is 0 Å². The van der Waals surface area contributed by atoms with Crippen LogP contribution in [-0.2, 0) is 19.4 Å². The van der Waals surface area contributed by atoms with Crippen LogP contribution in [0.4, 0.5) is 0 Å². The third-order valence-electron chi connectivity index (χ3n) is 0.0680. The van der Waals surface area contributed by atoms with Gasteiger partial charge in [0, 0.05) is 0 Å². The number of nitrogens with one attached hydrogen (secondary N) is 1. The molecule has 0 aromatic rings. The molecule has 0 aliphatic carbocycles. The van der Waals surface area contributed by atoms with Crippen LogP contribution in [0.2, 0.25) is 0 Å². The van der Waals surface area contributed by atoms with Gasteiger partial charge in [0.25, 0.3) is 0 Å². The first-order valence-corrected chi connectivity index (χ1v) is 2.51. The molecule has 0 saturated heterocycles. The first-order valence-electron chi connectivity index (χ1n) is 0.813. The zero-order chi connectivity index (χ0) is 3.41. The molecule has 0 rings (SSSR count). The van der Waals surface area contributed by atoms with Crippen LogP contribution in [0.5, 0.6) is 0 Å². The maximum atomic E-state index is 4.74. The fourth-order valence-corrected chi connectivity index (χ4v) is 0. The van der Waals surface area contributed by atoms with Gasteiger partial charge in [0.15, 0.2) is 0 Å². The number of hydrogen-bond donors (Lipinski definition) is 2. The van der Waals surface area contributed by atoms with Gasteiger partial charge in [0.2, 0.25) is 0 Å². The van der Waals surface area contributed by atoms with Gasteiger partial charge in [0.05, 0.1) is 0 Å². The van der Waals surface area contributed by atoms with Gasteiger partial charge < -0.3 is 0 Å². The Morgan fingerprint density at radius 1 is 2.00 bits per heavy atom. The van der Waals surface area contributed by atoms with Crippen LogP contribution in [0.25, 0.3) is 0 Å². The molecule has 0 unspecified atom stereocenters. The van der Waals surface area contributed by atoms with Gasteiger partial charge in [-0.2, -0.15) is 0 Å². The summed E-state index contributed by atoms with van der Waals surface area (Å²) in [6.45, 7) is 0. The van der Waals surface area contributed by atoms with Crippen LogP contribution in [0.1, 0.15) is 0 Å². The Kier molecular flexibility index (Phi) is 3.89. The van der Waals surface area contributed by atoms with Crippen molar-refractivity contribution in [3.05, 3.63) is 0 Å². The number of nitrogens with two attached hydrogens (primary N) is 1. The molecule has 24 valence electrons. The second kappa shape index (κ2) is 3.48. The van der Waals surface area contributed by atoms with E-state index in [1.54, 1.807) is 4.52 Å². The summed E-state index contributed by atoms with van der Waals surface area (Å²) < 4.78 is 1.74. The molecule has 3 N–H and O–H groups in total. The summed E-state index contributed by atoms with van der Waals surface area (Å²) in [5.41, 5.74) is 2.34. The van der Waals surface area contributed by atoms with E-state index in [-0.39, 0.29) is 0 Å². The van der Waals surface area contributed by atoms with Crippen molar-refractivity contribution in [2.45, 2.75) is 0 Å². The van der Waals surface area contributed by atoms with E-state index in [0.29, 0.717) is 0 Å². The molecular formula is CH4N2W. The van der Waals surface area contributed by atoms with Crippen LogP contribution in [0, 0.1) is 0 Å². The van der Waals surface area contributed by atoms with Gasteiger partial charge in [-0.15, -0.1) is 0 Å². The molecule has 0 fully saturated rings. The summed E-state index contributed by atoms with van der Waals surface area (Å²) >= 11 is 1.34.